The molecular formula is C26H28O4. The first-order chi connectivity index (χ1) is 14.5. The molecule has 0 amide bonds. The van der Waals surface area contributed by atoms with Gasteiger partial charge in [-0.25, -0.2) is 4.79 Å². The average molecular weight is 405 g/mol. The largest absolute Gasteiger partial charge is 0.488 e. The van der Waals surface area contributed by atoms with E-state index in [1.54, 1.807) is 12.1 Å². The molecule has 0 fully saturated rings. The Bertz CT molecular complexity index is 886. The fourth-order valence-electron chi connectivity index (χ4n) is 2.77. The molecular weight excluding hydrogens is 376 g/mol. The zero-order valence-electron chi connectivity index (χ0n) is 17.7. The first-order valence-corrected chi connectivity index (χ1v) is 9.95. The summed E-state index contributed by atoms with van der Waals surface area (Å²) in [6.07, 6.45) is 0. The van der Waals surface area contributed by atoms with E-state index in [2.05, 4.69) is 6.58 Å². The molecule has 0 radical (unpaired) electrons. The lowest BCUT2D eigenvalue weighted by atomic mass is 10.0. The monoisotopic (exact) mass is 404 g/mol. The Morgan fingerprint density at radius 2 is 1.23 bits per heavy atom. The molecule has 0 atom stereocenters. The molecule has 4 nitrogen and oxygen atoms in total. The highest BCUT2D eigenvalue weighted by molar-refractivity contribution is 5.93. The maximum atomic E-state index is 11.7. The summed E-state index contributed by atoms with van der Waals surface area (Å²) in [7, 11) is 0. The number of allylic oxidation sites excluding steroid dienone is 1. The minimum Gasteiger partial charge on any atom is -0.488 e. The summed E-state index contributed by atoms with van der Waals surface area (Å²) in [6.45, 7) is 10.4. The molecule has 0 bridgehead atoms. The highest BCUT2D eigenvalue weighted by Gasteiger charge is 2.18. The molecule has 0 spiro atoms. The smallest absolute Gasteiger partial charge is 0.339 e. The second-order valence-corrected chi connectivity index (χ2v) is 6.48. The molecule has 0 unspecified atom stereocenters. The summed E-state index contributed by atoms with van der Waals surface area (Å²) in [5.74, 6) is -0.242. The highest BCUT2D eigenvalue weighted by atomic mass is 16.5. The van der Waals surface area contributed by atoms with Gasteiger partial charge in [0, 0.05) is 11.6 Å². The van der Waals surface area contributed by atoms with Gasteiger partial charge in [0.05, 0.1) is 0 Å². The van der Waals surface area contributed by atoms with Gasteiger partial charge in [-0.2, -0.15) is 0 Å². The fourth-order valence-corrected chi connectivity index (χ4v) is 2.77. The van der Waals surface area contributed by atoms with Gasteiger partial charge in [-0.1, -0.05) is 81.1 Å². The van der Waals surface area contributed by atoms with Crippen molar-refractivity contribution in [2.75, 3.05) is 0 Å². The Morgan fingerprint density at radius 3 is 1.63 bits per heavy atom. The van der Waals surface area contributed by atoms with Crippen LogP contribution in [0.1, 0.15) is 47.8 Å². The third-order valence-corrected chi connectivity index (χ3v) is 4.25. The lowest BCUT2D eigenvalue weighted by molar-refractivity contribution is 0.0691. The summed E-state index contributed by atoms with van der Waals surface area (Å²) >= 11 is 0. The van der Waals surface area contributed by atoms with Crippen LogP contribution in [0.5, 0.6) is 11.5 Å². The van der Waals surface area contributed by atoms with E-state index in [-0.39, 0.29) is 17.9 Å². The van der Waals surface area contributed by atoms with E-state index in [4.69, 9.17) is 9.47 Å². The van der Waals surface area contributed by atoms with E-state index in [1.807, 2.05) is 81.4 Å². The second-order valence-electron chi connectivity index (χ2n) is 6.48. The minimum absolute atomic E-state index is 0.0843. The van der Waals surface area contributed by atoms with Gasteiger partial charge in [0.1, 0.15) is 30.3 Å². The fraction of sp³-hybridized carbons (Fsp3) is 0.192. The van der Waals surface area contributed by atoms with Crippen molar-refractivity contribution >= 4 is 11.5 Å². The first kappa shape index (κ1) is 22.8. The summed E-state index contributed by atoms with van der Waals surface area (Å²) in [5.41, 5.74) is 3.43. The van der Waals surface area contributed by atoms with Crippen molar-refractivity contribution in [3.8, 4) is 11.5 Å². The van der Waals surface area contributed by atoms with Gasteiger partial charge >= 0.3 is 5.97 Å². The van der Waals surface area contributed by atoms with Crippen LogP contribution >= 0.6 is 0 Å². The molecule has 0 saturated heterocycles. The zero-order valence-corrected chi connectivity index (χ0v) is 17.7. The van der Waals surface area contributed by atoms with Crippen molar-refractivity contribution in [1.29, 1.82) is 0 Å². The first-order valence-electron chi connectivity index (χ1n) is 9.95. The van der Waals surface area contributed by atoms with Crippen molar-refractivity contribution < 1.29 is 19.4 Å². The van der Waals surface area contributed by atoms with Crippen molar-refractivity contribution in [2.24, 2.45) is 0 Å². The molecule has 0 aliphatic carbocycles. The standard InChI is InChI=1S/C24H22O4.C2H6/c1-17(2)20-13-21(24(25)26)23(28-16-19-11-7-4-8-12-19)14-22(20)27-15-18-9-5-3-6-10-18;1-2/h3-14H,1,15-16H2,2H3,(H,25,26);1-2H3. The summed E-state index contributed by atoms with van der Waals surface area (Å²) < 4.78 is 11.8. The van der Waals surface area contributed by atoms with Crippen LogP contribution in [-0.2, 0) is 13.2 Å². The maximum absolute atomic E-state index is 11.7. The summed E-state index contributed by atoms with van der Waals surface area (Å²) in [6, 6.07) is 22.6. The predicted molar refractivity (Wildman–Crippen MR) is 121 cm³/mol. The molecule has 4 heteroatoms. The number of carboxylic acids is 1. The van der Waals surface area contributed by atoms with Gasteiger partial charge in [0.25, 0.3) is 0 Å². The van der Waals surface area contributed by atoms with Crippen LogP contribution in [0.2, 0.25) is 0 Å². The van der Waals surface area contributed by atoms with Crippen LogP contribution in [0.3, 0.4) is 0 Å². The lowest BCUT2D eigenvalue weighted by Crippen LogP contribution is -2.06. The van der Waals surface area contributed by atoms with Gasteiger partial charge in [0.15, 0.2) is 0 Å². The Balaban J connectivity index is 0.00000155. The molecule has 3 rings (SSSR count). The van der Waals surface area contributed by atoms with E-state index in [1.165, 1.54) is 0 Å². The normalized spacial score (nSPS) is 9.83. The Morgan fingerprint density at radius 1 is 0.800 bits per heavy atom. The molecule has 1 N–H and O–H groups in total. The highest BCUT2D eigenvalue weighted by Crippen LogP contribution is 2.34. The van der Waals surface area contributed by atoms with Crippen molar-refractivity contribution in [1.82, 2.24) is 0 Å². The third-order valence-electron chi connectivity index (χ3n) is 4.25. The molecule has 0 aliphatic heterocycles. The minimum atomic E-state index is -1.06. The molecule has 30 heavy (non-hydrogen) atoms. The zero-order chi connectivity index (χ0) is 21.9. The van der Waals surface area contributed by atoms with Crippen LogP contribution < -0.4 is 9.47 Å². The molecule has 0 heterocycles. The topological polar surface area (TPSA) is 55.8 Å². The van der Waals surface area contributed by atoms with Gasteiger partial charge in [-0.3, -0.25) is 0 Å². The Hall–Kier alpha value is -3.53. The van der Waals surface area contributed by atoms with Crippen LogP contribution in [0, 0.1) is 0 Å². The number of hydrogen-bond acceptors (Lipinski definition) is 3. The van der Waals surface area contributed by atoms with E-state index in [0.717, 1.165) is 16.7 Å². The molecule has 3 aromatic rings. The molecule has 3 aromatic carbocycles. The van der Waals surface area contributed by atoms with E-state index >= 15 is 0 Å². The van der Waals surface area contributed by atoms with Gasteiger partial charge in [0.2, 0.25) is 0 Å². The number of carboxylic acid groups (broad SMARTS) is 1. The number of carbonyl (C=O) groups is 1. The van der Waals surface area contributed by atoms with Gasteiger partial charge < -0.3 is 14.6 Å². The summed E-state index contributed by atoms with van der Waals surface area (Å²) in [4.78, 5) is 11.7. The Kier molecular flexibility index (Phi) is 8.70. The van der Waals surface area contributed by atoms with Crippen molar-refractivity contribution in [2.45, 2.75) is 34.0 Å². The molecule has 0 saturated carbocycles. The molecule has 0 aromatic heterocycles. The summed E-state index contributed by atoms with van der Waals surface area (Å²) in [5, 5.41) is 9.62. The van der Waals surface area contributed by atoms with Crippen LogP contribution in [0.25, 0.3) is 5.57 Å². The van der Waals surface area contributed by atoms with Gasteiger partial charge in [-0.15, -0.1) is 0 Å². The van der Waals surface area contributed by atoms with Crippen LogP contribution in [0.15, 0.2) is 79.4 Å². The third kappa shape index (κ3) is 6.24. The maximum Gasteiger partial charge on any atom is 0.339 e. The second kappa shape index (κ2) is 11.5. The SMILES string of the molecule is C=C(C)c1cc(C(=O)O)c(OCc2ccccc2)cc1OCc1ccccc1.CC. The number of ether oxygens (including phenoxy) is 2. The lowest BCUT2D eigenvalue weighted by Gasteiger charge is -2.16. The van der Waals surface area contributed by atoms with Crippen LogP contribution in [0.4, 0.5) is 0 Å². The van der Waals surface area contributed by atoms with Gasteiger partial charge in [-0.05, 0) is 29.7 Å². The van der Waals surface area contributed by atoms with E-state index in [0.29, 0.717) is 17.9 Å². The number of rotatable bonds is 8. The molecule has 156 valence electrons. The Labute approximate surface area is 178 Å². The van der Waals surface area contributed by atoms with Crippen LogP contribution in [-0.4, -0.2) is 11.1 Å². The number of benzene rings is 3. The predicted octanol–water partition coefficient (Wildman–Crippen LogP) is 6.60. The van der Waals surface area contributed by atoms with E-state index < -0.39 is 5.97 Å². The quantitative estimate of drug-likeness (QED) is 0.459. The van der Waals surface area contributed by atoms with Crippen molar-refractivity contribution in [3.63, 3.8) is 0 Å². The number of aromatic carboxylic acids is 1. The number of hydrogen-bond donors (Lipinski definition) is 1. The van der Waals surface area contributed by atoms with Crippen molar-refractivity contribution in [3.05, 3.63) is 102 Å². The van der Waals surface area contributed by atoms with E-state index in [9.17, 15) is 9.90 Å². The molecule has 0 aliphatic rings. The average Bonchev–Trinajstić information content (AvgIpc) is 2.78.